The molecule has 0 unspecified atom stereocenters. The summed E-state index contributed by atoms with van der Waals surface area (Å²) < 4.78 is 10.9. The van der Waals surface area contributed by atoms with E-state index in [4.69, 9.17) is 9.47 Å². The molecule has 1 saturated carbocycles. The van der Waals surface area contributed by atoms with E-state index in [0.717, 1.165) is 31.4 Å². The highest BCUT2D eigenvalue weighted by Gasteiger charge is 2.23. The fourth-order valence-corrected chi connectivity index (χ4v) is 3.19. The number of carbonyl (C=O) groups is 1. The van der Waals surface area contributed by atoms with Crippen LogP contribution in [0, 0.1) is 0 Å². The number of carbonyl (C=O) groups excluding carboxylic acids is 1. The molecule has 23 heavy (non-hydrogen) atoms. The third-order valence-electron chi connectivity index (χ3n) is 4.52. The lowest BCUT2D eigenvalue weighted by molar-refractivity contribution is -0.135. The monoisotopic (exact) mass is 310 g/mol. The number of hydrogen-bond acceptors (Lipinski definition) is 3. The molecular weight excluding hydrogens is 288 g/mol. The van der Waals surface area contributed by atoms with Crippen molar-refractivity contribution in [3.8, 4) is 5.75 Å². The van der Waals surface area contributed by atoms with Gasteiger partial charge in [0.25, 0.3) is 6.47 Å². The number of benzene rings is 2. The van der Waals surface area contributed by atoms with Crippen molar-refractivity contribution in [2.45, 2.75) is 44.3 Å². The normalized spacial score (nSPS) is 20.7. The van der Waals surface area contributed by atoms with Crippen molar-refractivity contribution in [2.24, 2.45) is 0 Å². The lowest BCUT2D eigenvalue weighted by atomic mass is 9.83. The van der Waals surface area contributed by atoms with Crippen LogP contribution < -0.4 is 4.74 Å². The van der Waals surface area contributed by atoms with Gasteiger partial charge in [-0.3, -0.25) is 4.79 Å². The van der Waals surface area contributed by atoms with E-state index < -0.39 is 0 Å². The van der Waals surface area contributed by atoms with Gasteiger partial charge in [-0.2, -0.15) is 0 Å². The third-order valence-corrected chi connectivity index (χ3v) is 4.52. The first kappa shape index (κ1) is 15.6. The fraction of sp³-hybridized carbons (Fsp3) is 0.350. The summed E-state index contributed by atoms with van der Waals surface area (Å²) in [7, 11) is 0. The molecule has 0 aliphatic heterocycles. The van der Waals surface area contributed by atoms with Crippen LogP contribution in [0.25, 0.3) is 0 Å². The summed E-state index contributed by atoms with van der Waals surface area (Å²) in [5.41, 5.74) is 2.52. The SMILES string of the molecule is O=COC1CCC(c2ccc(OCc3ccccc3)cc2)CC1. The molecule has 0 amide bonds. The topological polar surface area (TPSA) is 35.5 Å². The van der Waals surface area contributed by atoms with Crippen molar-refractivity contribution in [3.63, 3.8) is 0 Å². The summed E-state index contributed by atoms with van der Waals surface area (Å²) in [4.78, 5) is 10.4. The Hall–Kier alpha value is -2.29. The average molecular weight is 310 g/mol. The van der Waals surface area contributed by atoms with Gasteiger partial charge in [0.2, 0.25) is 0 Å². The second-order valence-corrected chi connectivity index (χ2v) is 6.05. The van der Waals surface area contributed by atoms with Crippen LogP contribution >= 0.6 is 0 Å². The second kappa shape index (κ2) is 7.82. The second-order valence-electron chi connectivity index (χ2n) is 6.05. The van der Waals surface area contributed by atoms with Crippen LogP contribution in [0.5, 0.6) is 5.75 Å². The Kier molecular flexibility index (Phi) is 5.30. The Morgan fingerprint density at radius 2 is 1.61 bits per heavy atom. The van der Waals surface area contributed by atoms with Gasteiger partial charge in [0, 0.05) is 0 Å². The molecule has 120 valence electrons. The van der Waals surface area contributed by atoms with E-state index in [1.54, 1.807) is 0 Å². The molecule has 1 aliphatic carbocycles. The van der Waals surface area contributed by atoms with E-state index in [9.17, 15) is 4.79 Å². The molecule has 3 heteroatoms. The Morgan fingerprint density at radius 3 is 2.26 bits per heavy atom. The third kappa shape index (κ3) is 4.35. The first-order valence-electron chi connectivity index (χ1n) is 8.21. The average Bonchev–Trinajstić information content (AvgIpc) is 2.62. The molecule has 0 spiro atoms. The predicted molar refractivity (Wildman–Crippen MR) is 89.4 cm³/mol. The van der Waals surface area contributed by atoms with E-state index >= 15 is 0 Å². The zero-order valence-corrected chi connectivity index (χ0v) is 13.2. The van der Waals surface area contributed by atoms with E-state index in [-0.39, 0.29) is 6.10 Å². The zero-order valence-electron chi connectivity index (χ0n) is 13.2. The molecule has 0 radical (unpaired) electrons. The van der Waals surface area contributed by atoms with Gasteiger partial charge in [-0.1, -0.05) is 42.5 Å². The minimum absolute atomic E-state index is 0.109. The van der Waals surface area contributed by atoms with Gasteiger partial charge < -0.3 is 9.47 Å². The van der Waals surface area contributed by atoms with Gasteiger partial charge in [-0.15, -0.1) is 0 Å². The van der Waals surface area contributed by atoms with Crippen molar-refractivity contribution in [2.75, 3.05) is 0 Å². The highest BCUT2D eigenvalue weighted by molar-refractivity contribution is 5.37. The summed E-state index contributed by atoms with van der Waals surface area (Å²) >= 11 is 0. The van der Waals surface area contributed by atoms with Crippen LogP contribution in [0.3, 0.4) is 0 Å². The van der Waals surface area contributed by atoms with Crippen LogP contribution in [0.1, 0.15) is 42.7 Å². The quantitative estimate of drug-likeness (QED) is 0.739. The Morgan fingerprint density at radius 1 is 0.913 bits per heavy atom. The summed E-state index contributed by atoms with van der Waals surface area (Å²) in [6.07, 6.45) is 4.16. The van der Waals surface area contributed by atoms with Gasteiger partial charge >= 0.3 is 0 Å². The number of hydrogen-bond donors (Lipinski definition) is 0. The van der Waals surface area contributed by atoms with Crippen molar-refractivity contribution in [1.82, 2.24) is 0 Å². The minimum atomic E-state index is 0.109. The minimum Gasteiger partial charge on any atom is -0.489 e. The van der Waals surface area contributed by atoms with Gasteiger partial charge in [0.15, 0.2) is 0 Å². The van der Waals surface area contributed by atoms with E-state index in [0.29, 0.717) is 19.0 Å². The maximum absolute atomic E-state index is 10.4. The first-order valence-corrected chi connectivity index (χ1v) is 8.21. The molecule has 2 aromatic carbocycles. The Bertz CT molecular complexity index is 599. The van der Waals surface area contributed by atoms with Crippen LogP contribution in [-0.4, -0.2) is 12.6 Å². The summed E-state index contributed by atoms with van der Waals surface area (Å²) in [5, 5.41) is 0. The summed E-state index contributed by atoms with van der Waals surface area (Å²) in [6.45, 7) is 1.16. The lowest BCUT2D eigenvalue weighted by Crippen LogP contribution is -2.20. The molecule has 0 heterocycles. The van der Waals surface area contributed by atoms with Crippen molar-refractivity contribution in [3.05, 3.63) is 65.7 Å². The molecule has 0 atom stereocenters. The number of rotatable bonds is 6. The van der Waals surface area contributed by atoms with E-state index in [1.165, 1.54) is 11.1 Å². The zero-order chi connectivity index (χ0) is 15.9. The first-order chi connectivity index (χ1) is 11.3. The fourth-order valence-electron chi connectivity index (χ4n) is 3.19. The Balaban J connectivity index is 1.52. The summed E-state index contributed by atoms with van der Waals surface area (Å²) in [6, 6.07) is 18.6. The summed E-state index contributed by atoms with van der Waals surface area (Å²) in [5.74, 6) is 1.46. The lowest BCUT2D eigenvalue weighted by Gasteiger charge is -2.27. The van der Waals surface area contributed by atoms with Crippen LogP contribution in [-0.2, 0) is 16.1 Å². The van der Waals surface area contributed by atoms with Gasteiger partial charge in [0.05, 0.1) is 0 Å². The standard InChI is InChI=1S/C20H22O3/c21-15-23-20-12-8-18(9-13-20)17-6-10-19(11-7-17)22-14-16-4-2-1-3-5-16/h1-7,10-11,15,18,20H,8-9,12-14H2. The van der Waals surface area contributed by atoms with Crippen molar-refractivity contribution >= 4 is 6.47 Å². The van der Waals surface area contributed by atoms with Crippen LogP contribution in [0.15, 0.2) is 54.6 Å². The molecule has 1 fully saturated rings. The molecule has 0 aromatic heterocycles. The molecule has 1 aliphatic rings. The molecule has 3 rings (SSSR count). The maximum atomic E-state index is 10.4. The molecule has 2 aromatic rings. The Labute approximate surface area is 137 Å². The smallest absolute Gasteiger partial charge is 0.293 e. The largest absolute Gasteiger partial charge is 0.489 e. The van der Waals surface area contributed by atoms with E-state index in [2.05, 4.69) is 24.3 Å². The van der Waals surface area contributed by atoms with Gasteiger partial charge in [0.1, 0.15) is 18.5 Å². The van der Waals surface area contributed by atoms with Crippen LogP contribution in [0.2, 0.25) is 0 Å². The maximum Gasteiger partial charge on any atom is 0.293 e. The van der Waals surface area contributed by atoms with Crippen molar-refractivity contribution < 1.29 is 14.3 Å². The predicted octanol–water partition coefficient (Wildman–Crippen LogP) is 4.46. The van der Waals surface area contributed by atoms with Gasteiger partial charge in [-0.05, 0) is 54.9 Å². The van der Waals surface area contributed by atoms with Gasteiger partial charge in [-0.25, -0.2) is 0 Å². The van der Waals surface area contributed by atoms with Crippen molar-refractivity contribution in [1.29, 1.82) is 0 Å². The molecule has 0 saturated heterocycles. The highest BCUT2D eigenvalue weighted by atomic mass is 16.5. The van der Waals surface area contributed by atoms with Crippen LogP contribution in [0.4, 0.5) is 0 Å². The molecule has 0 bridgehead atoms. The molecule has 0 N–H and O–H groups in total. The van der Waals surface area contributed by atoms with E-state index in [1.807, 2.05) is 30.3 Å². The molecule has 3 nitrogen and oxygen atoms in total. The number of ether oxygens (including phenoxy) is 2. The molecular formula is C20H22O3. The highest BCUT2D eigenvalue weighted by Crippen LogP contribution is 2.34.